The third-order valence-electron chi connectivity index (χ3n) is 3.95. The molecule has 0 bridgehead atoms. The van der Waals surface area contributed by atoms with E-state index in [0.29, 0.717) is 6.04 Å². The smallest absolute Gasteiger partial charge is 0.290 e. The van der Waals surface area contributed by atoms with Gasteiger partial charge in [-0.05, 0) is 44.7 Å². The minimum absolute atomic E-state index is 0.250. The summed E-state index contributed by atoms with van der Waals surface area (Å²) in [7, 11) is 3.32. The minimum atomic E-state index is -0.250. The molecule has 0 saturated carbocycles. The number of benzene rings is 1. The van der Waals surface area contributed by atoms with Crippen LogP contribution in [0.4, 0.5) is 5.69 Å². The normalized spacial score (nSPS) is 12.4. The summed E-state index contributed by atoms with van der Waals surface area (Å²) in [5, 5.41) is 11.6. The number of hydrogen-bond acceptors (Lipinski definition) is 5. The van der Waals surface area contributed by atoms with Gasteiger partial charge in [0.2, 0.25) is 0 Å². The molecule has 6 heteroatoms. The molecule has 6 nitrogen and oxygen atoms in total. The molecule has 0 radical (unpaired) electrons. The Morgan fingerprint density at radius 3 is 2.42 bits per heavy atom. The van der Waals surface area contributed by atoms with Crippen molar-refractivity contribution in [1.82, 2.24) is 4.98 Å². The lowest BCUT2D eigenvalue weighted by Gasteiger charge is -2.18. The third kappa shape index (κ3) is 3.53. The zero-order chi connectivity index (χ0) is 17.7. The van der Waals surface area contributed by atoms with Gasteiger partial charge >= 0.3 is 0 Å². The number of nitrogens with zero attached hydrogens (tertiary/aromatic N) is 1. The van der Waals surface area contributed by atoms with Gasteiger partial charge in [0.25, 0.3) is 6.47 Å². The van der Waals surface area contributed by atoms with Crippen LogP contribution in [0.1, 0.15) is 31.5 Å². The summed E-state index contributed by atoms with van der Waals surface area (Å²) in [5.74, 6) is 1.47. The Balaban J connectivity index is 0.000000647. The molecule has 0 unspecified atom stereocenters. The molecule has 0 saturated heterocycles. The van der Waals surface area contributed by atoms with Gasteiger partial charge in [0.1, 0.15) is 0 Å². The largest absolute Gasteiger partial charge is 0.493 e. The van der Waals surface area contributed by atoms with E-state index in [9.17, 15) is 0 Å². The van der Waals surface area contributed by atoms with E-state index in [-0.39, 0.29) is 6.47 Å². The van der Waals surface area contributed by atoms with E-state index in [2.05, 4.69) is 19.2 Å². The average molecular weight is 332 g/mol. The molecular weight excluding hydrogens is 308 g/mol. The van der Waals surface area contributed by atoms with Gasteiger partial charge in [0.15, 0.2) is 11.5 Å². The quantitative estimate of drug-likeness (QED) is 0.837. The first kappa shape index (κ1) is 17.8. The summed E-state index contributed by atoms with van der Waals surface area (Å²) < 4.78 is 10.8. The van der Waals surface area contributed by atoms with Gasteiger partial charge in [-0.25, -0.2) is 0 Å². The van der Waals surface area contributed by atoms with Crippen molar-refractivity contribution in [2.24, 2.45) is 0 Å². The first-order valence-corrected chi connectivity index (χ1v) is 7.97. The fourth-order valence-electron chi connectivity index (χ4n) is 3.04. The van der Waals surface area contributed by atoms with Crippen molar-refractivity contribution >= 4 is 23.1 Å². The van der Waals surface area contributed by atoms with Crippen LogP contribution in [-0.2, 0) is 17.6 Å². The lowest BCUT2D eigenvalue weighted by atomic mass is 10.1. The van der Waals surface area contributed by atoms with E-state index < -0.39 is 0 Å². The van der Waals surface area contributed by atoms with Gasteiger partial charge in [-0.3, -0.25) is 9.78 Å². The number of rotatable bonds is 4. The highest BCUT2D eigenvalue weighted by Gasteiger charge is 2.21. The Morgan fingerprint density at radius 2 is 1.83 bits per heavy atom. The van der Waals surface area contributed by atoms with Crippen LogP contribution in [0.5, 0.6) is 11.5 Å². The molecule has 3 rings (SSSR count). The van der Waals surface area contributed by atoms with Crippen molar-refractivity contribution in [1.29, 1.82) is 0 Å². The zero-order valence-corrected chi connectivity index (χ0v) is 14.5. The molecule has 1 heterocycles. The second-order valence-electron chi connectivity index (χ2n) is 5.89. The number of aryl methyl sites for hydroxylation is 1. The number of pyridine rings is 1. The number of hydrogen-bond donors (Lipinski definition) is 2. The molecule has 0 spiro atoms. The molecule has 1 aromatic heterocycles. The number of fused-ring (bicyclic) bond motifs is 2. The number of aromatic nitrogens is 1. The van der Waals surface area contributed by atoms with Crippen molar-refractivity contribution in [3.05, 3.63) is 23.4 Å². The number of anilines is 1. The molecule has 0 fully saturated rings. The SMILES string of the molecule is COc1cc2nc3c(c(NC(C)C)c2cc1OC)CCC3.O=CO. The number of methoxy groups -OCH3 is 2. The van der Waals surface area contributed by atoms with Crippen molar-refractivity contribution in [3.8, 4) is 11.5 Å². The van der Waals surface area contributed by atoms with Crippen LogP contribution < -0.4 is 14.8 Å². The van der Waals surface area contributed by atoms with E-state index in [1.807, 2.05) is 12.1 Å². The van der Waals surface area contributed by atoms with Gasteiger partial charge in [-0.2, -0.15) is 0 Å². The molecule has 130 valence electrons. The van der Waals surface area contributed by atoms with Crippen LogP contribution in [0.2, 0.25) is 0 Å². The molecule has 0 amide bonds. The van der Waals surface area contributed by atoms with Gasteiger partial charge in [0, 0.05) is 28.9 Å². The monoisotopic (exact) mass is 332 g/mol. The number of carboxylic acid groups (broad SMARTS) is 1. The van der Waals surface area contributed by atoms with E-state index in [0.717, 1.165) is 35.2 Å². The maximum atomic E-state index is 8.36. The van der Waals surface area contributed by atoms with Gasteiger partial charge in [-0.1, -0.05) is 0 Å². The molecule has 1 aromatic carbocycles. The maximum Gasteiger partial charge on any atom is 0.290 e. The van der Waals surface area contributed by atoms with E-state index >= 15 is 0 Å². The molecule has 0 atom stereocenters. The van der Waals surface area contributed by atoms with Crippen LogP contribution in [0.25, 0.3) is 10.9 Å². The van der Waals surface area contributed by atoms with Crippen LogP contribution in [0, 0.1) is 0 Å². The van der Waals surface area contributed by atoms with Crippen LogP contribution in [0.15, 0.2) is 12.1 Å². The van der Waals surface area contributed by atoms with E-state index in [1.54, 1.807) is 14.2 Å². The Labute approximate surface area is 141 Å². The van der Waals surface area contributed by atoms with Crippen molar-refractivity contribution in [2.75, 3.05) is 19.5 Å². The molecule has 0 aliphatic heterocycles. The van der Waals surface area contributed by atoms with Crippen molar-refractivity contribution in [3.63, 3.8) is 0 Å². The highest BCUT2D eigenvalue weighted by molar-refractivity contribution is 5.96. The molecular formula is C18H24N2O4. The summed E-state index contributed by atoms with van der Waals surface area (Å²) in [6.45, 7) is 4.07. The lowest BCUT2D eigenvalue weighted by molar-refractivity contribution is -0.122. The predicted molar refractivity (Wildman–Crippen MR) is 94.3 cm³/mol. The summed E-state index contributed by atoms with van der Waals surface area (Å²) in [6, 6.07) is 4.39. The Kier molecular flexibility index (Phi) is 5.84. The highest BCUT2D eigenvalue weighted by Crippen LogP contribution is 2.39. The van der Waals surface area contributed by atoms with Gasteiger partial charge in [0.05, 0.1) is 19.7 Å². The van der Waals surface area contributed by atoms with Crippen LogP contribution in [-0.4, -0.2) is 36.8 Å². The topological polar surface area (TPSA) is 80.7 Å². The molecule has 1 aliphatic carbocycles. The summed E-state index contributed by atoms with van der Waals surface area (Å²) in [5.41, 5.74) is 4.76. The average Bonchev–Trinajstić information content (AvgIpc) is 3.02. The zero-order valence-electron chi connectivity index (χ0n) is 14.5. The minimum Gasteiger partial charge on any atom is -0.493 e. The van der Waals surface area contributed by atoms with Crippen LogP contribution >= 0.6 is 0 Å². The second kappa shape index (κ2) is 7.86. The first-order chi connectivity index (χ1) is 11.5. The highest BCUT2D eigenvalue weighted by atomic mass is 16.5. The Morgan fingerprint density at radius 1 is 1.21 bits per heavy atom. The standard InChI is InChI=1S/C17H22N2O2.CH2O2/c1-10(2)18-17-11-6-5-7-13(11)19-14-9-16(21-4)15(20-3)8-12(14)17;2-1-3/h8-10H,5-7H2,1-4H3,(H,18,19);1H,(H,2,3). The Bertz CT molecular complexity index is 729. The van der Waals surface area contributed by atoms with Gasteiger partial charge in [-0.15, -0.1) is 0 Å². The summed E-state index contributed by atoms with van der Waals surface area (Å²) in [4.78, 5) is 13.2. The summed E-state index contributed by atoms with van der Waals surface area (Å²) >= 11 is 0. The fraction of sp³-hybridized carbons (Fsp3) is 0.444. The second-order valence-corrected chi connectivity index (χ2v) is 5.89. The maximum absolute atomic E-state index is 8.36. The van der Waals surface area contributed by atoms with Crippen molar-refractivity contribution < 1.29 is 19.4 Å². The summed E-state index contributed by atoms with van der Waals surface area (Å²) in [6.07, 6.45) is 3.34. The lowest BCUT2D eigenvalue weighted by Crippen LogP contribution is -2.12. The number of nitrogens with one attached hydrogen (secondary N) is 1. The van der Waals surface area contributed by atoms with Crippen LogP contribution in [0.3, 0.4) is 0 Å². The van der Waals surface area contributed by atoms with Gasteiger partial charge < -0.3 is 19.9 Å². The van der Waals surface area contributed by atoms with Crippen molar-refractivity contribution in [2.45, 2.75) is 39.2 Å². The Hall–Kier alpha value is -2.50. The van der Waals surface area contributed by atoms with E-state index in [4.69, 9.17) is 24.4 Å². The molecule has 2 N–H and O–H groups in total. The predicted octanol–water partition coefficient (Wildman–Crippen LogP) is 3.26. The fourth-order valence-corrected chi connectivity index (χ4v) is 3.04. The van der Waals surface area contributed by atoms with E-state index in [1.165, 1.54) is 23.4 Å². The molecule has 2 aromatic rings. The number of carbonyl (C=O) groups is 1. The molecule has 24 heavy (non-hydrogen) atoms. The number of ether oxygens (including phenoxy) is 2. The molecule has 1 aliphatic rings. The first-order valence-electron chi connectivity index (χ1n) is 7.97. The third-order valence-corrected chi connectivity index (χ3v) is 3.95.